The van der Waals surface area contributed by atoms with E-state index >= 15 is 0 Å². The van der Waals surface area contributed by atoms with E-state index in [2.05, 4.69) is 214 Å². The Labute approximate surface area is 344 Å². The second-order valence-corrected chi connectivity index (χ2v) is 19.8. The quantitative estimate of drug-likeness (QED) is 0.178. The van der Waals surface area contributed by atoms with Crippen LogP contribution in [0.15, 0.2) is 144 Å². The molecule has 1 heterocycles. The molecule has 0 saturated heterocycles. The van der Waals surface area contributed by atoms with Gasteiger partial charge in [-0.3, -0.25) is 0 Å². The lowest BCUT2D eigenvalue weighted by atomic mass is 9.79. The van der Waals surface area contributed by atoms with Crippen molar-refractivity contribution in [3.05, 3.63) is 173 Å². The summed E-state index contributed by atoms with van der Waals surface area (Å²) in [7, 11) is 0. The first-order valence-corrected chi connectivity index (χ1v) is 20.9. The smallest absolute Gasteiger partial charge is 0.159 e. The molecule has 2 nitrogen and oxygen atoms in total. The van der Waals surface area contributed by atoms with Gasteiger partial charge in [-0.1, -0.05) is 172 Å². The maximum atomic E-state index is 7.22. The van der Waals surface area contributed by atoms with Crippen LogP contribution in [0.1, 0.15) is 103 Å². The number of nitrogens with zero attached hydrogens (tertiary/aromatic N) is 1. The minimum Gasteiger partial charge on any atom is -0.454 e. The van der Waals surface area contributed by atoms with Gasteiger partial charge >= 0.3 is 0 Å². The minimum atomic E-state index is -0.199. The summed E-state index contributed by atoms with van der Waals surface area (Å²) in [5.74, 6) is 0. The molecule has 0 atom stereocenters. The van der Waals surface area contributed by atoms with Crippen LogP contribution in [-0.4, -0.2) is 0 Å². The van der Waals surface area contributed by atoms with Crippen molar-refractivity contribution in [2.45, 2.75) is 90.9 Å². The zero-order valence-electron chi connectivity index (χ0n) is 35.6. The van der Waals surface area contributed by atoms with Crippen LogP contribution in [0.2, 0.25) is 0 Å². The molecule has 2 aliphatic carbocycles. The zero-order valence-corrected chi connectivity index (χ0v) is 35.6. The minimum absolute atomic E-state index is 0.00853. The highest BCUT2D eigenvalue weighted by molar-refractivity contribution is 6.11. The van der Waals surface area contributed by atoms with Gasteiger partial charge in [-0.2, -0.15) is 0 Å². The van der Waals surface area contributed by atoms with Crippen molar-refractivity contribution in [1.82, 2.24) is 0 Å². The number of para-hydroxylation sites is 1. The van der Waals surface area contributed by atoms with E-state index in [1.54, 1.807) is 0 Å². The van der Waals surface area contributed by atoms with Gasteiger partial charge in [0.15, 0.2) is 5.58 Å². The third-order valence-electron chi connectivity index (χ3n) is 13.3. The van der Waals surface area contributed by atoms with Gasteiger partial charge in [0.25, 0.3) is 0 Å². The molecule has 0 radical (unpaired) electrons. The molecule has 0 N–H and O–H groups in total. The SMILES string of the molecule is CC(C)(C)c1cc(C(C)(C)C)c2oc3c(N(c4ccc5c(c4)C(C)(C)c4ccccc4-5)c4ccc5c(c4)C(C)(C)c4cccc(-c6ccccc6)c4-5)cccc3c2c1. The maximum absolute atomic E-state index is 7.22. The van der Waals surface area contributed by atoms with E-state index in [0.717, 1.165) is 33.6 Å². The Kier molecular flexibility index (Phi) is 7.75. The molecule has 0 aliphatic heterocycles. The number of benzene rings is 7. The second kappa shape index (κ2) is 12.3. The first-order chi connectivity index (χ1) is 27.5. The highest BCUT2D eigenvalue weighted by atomic mass is 16.3. The van der Waals surface area contributed by atoms with E-state index < -0.39 is 0 Å². The van der Waals surface area contributed by atoms with Crippen molar-refractivity contribution in [1.29, 1.82) is 0 Å². The van der Waals surface area contributed by atoms with Crippen molar-refractivity contribution >= 4 is 39.0 Å². The molecule has 0 amide bonds. The average molecular weight is 756 g/mol. The topological polar surface area (TPSA) is 16.4 Å². The van der Waals surface area contributed by atoms with Crippen LogP contribution in [0.4, 0.5) is 17.1 Å². The summed E-state index contributed by atoms with van der Waals surface area (Å²) in [5, 5.41) is 2.32. The second-order valence-electron chi connectivity index (χ2n) is 19.8. The molecule has 1 aromatic heterocycles. The fraction of sp³-hybridized carbons (Fsp3) is 0.250. The van der Waals surface area contributed by atoms with Crippen molar-refractivity contribution in [2.75, 3.05) is 4.90 Å². The summed E-state index contributed by atoms with van der Waals surface area (Å²) in [6.45, 7) is 23.3. The van der Waals surface area contributed by atoms with E-state index in [4.69, 9.17) is 4.42 Å². The molecule has 0 saturated carbocycles. The van der Waals surface area contributed by atoms with Crippen LogP contribution in [0.5, 0.6) is 0 Å². The van der Waals surface area contributed by atoms with Crippen LogP contribution in [0.3, 0.4) is 0 Å². The molecular weight excluding hydrogens is 703 g/mol. The lowest BCUT2D eigenvalue weighted by Crippen LogP contribution is -2.18. The fourth-order valence-electron chi connectivity index (χ4n) is 10.1. The van der Waals surface area contributed by atoms with E-state index in [0.29, 0.717) is 0 Å². The predicted octanol–water partition coefficient (Wildman–Crippen LogP) is 15.9. The van der Waals surface area contributed by atoms with E-state index in [9.17, 15) is 0 Å². The molecule has 0 bridgehead atoms. The molecule has 2 heteroatoms. The molecule has 0 unspecified atom stereocenters. The van der Waals surface area contributed by atoms with Gasteiger partial charge in [-0.05, 0) is 108 Å². The molecule has 10 rings (SSSR count). The van der Waals surface area contributed by atoms with E-state index in [1.807, 2.05) is 0 Å². The zero-order chi connectivity index (χ0) is 40.5. The molecule has 288 valence electrons. The summed E-state index contributed by atoms with van der Waals surface area (Å²) in [4.78, 5) is 2.46. The number of hydrogen-bond donors (Lipinski definition) is 0. The average Bonchev–Trinajstić information content (AvgIpc) is 3.77. The molecular formula is C56H53NO. The van der Waals surface area contributed by atoms with Crippen LogP contribution < -0.4 is 4.90 Å². The van der Waals surface area contributed by atoms with E-state index in [1.165, 1.54) is 72.1 Å². The summed E-state index contributed by atoms with van der Waals surface area (Å²) in [6, 6.07) is 52.3. The monoisotopic (exact) mass is 755 g/mol. The Hall–Kier alpha value is -5.86. The third kappa shape index (κ3) is 5.30. The van der Waals surface area contributed by atoms with Crippen molar-refractivity contribution in [3.63, 3.8) is 0 Å². The molecule has 58 heavy (non-hydrogen) atoms. The first-order valence-electron chi connectivity index (χ1n) is 20.9. The van der Waals surface area contributed by atoms with Crippen LogP contribution in [0, 0.1) is 0 Å². The number of rotatable bonds is 4. The number of anilines is 3. The lowest BCUT2D eigenvalue weighted by molar-refractivity contribution is 0.559. The first kappa shape index (κ1) is 36.5. The van der Waals surface area contributed by atoms with Gasteiger partial charge in [-0.25, -0.2) is 0 Å². The highest BCUT2D eigenvalue weighted by Crippen LogP contribution is 2.55. The molecule has 7 aromatic carbocycles. The molecule has 8 aromatic rings. The Morgan fingerprint density at radius 1 is 0.448 bits per heavy atom. The lowest BCUT2D eigenvalue weighted by Gasteiger charge is -2.29. The summed E-state index contributed by atoms with van der Waals surface area (Å²) in [6.07, 6.45) is 0. The normalized spacial score (nSPS) is 15.0. The Morgan fingerprint density at radius 2 is 1.03 bits per heavy atom. The predicted molar refractivity (Wildman–Crippen MR) is 246 cm³/mol. The van der Waals surface area contributed by atoms with Crippen molar-refractivity contribution < 1.29 is 4.42 Å². The van der Waals surface area contributed by atoms with Gasteiger partial charge in [0, 0.05) is 38.5 Å². The maximum Gasteiger partial charge on any atom is 0.159 e. The van der Waals surface area contributed by atoms with Crippen LogP contribution in [0.25, 0.3) is 55.3 Å². The van der Waals surface area contributed by atoms with Crippen LogP contribution in [-0.2, 0) is 21.7 Å². The van der Waals surface area contributed by atoms with Gasteiger partial charge in [0.05, 0.1) is 5.69 Å². The van der Waals surface area contributed by atoms with Crippen molar-refractivity contribution in [3.8, 4) is 33.4 Å². The largest absolute Gasteiger partial charge is 0.454 e. The standard InChI is InChI=1S/C56H53NO/c1-53(2,3)35-30-43-41-22-17-25-49(52(41)58-51(43)48(31-35)54(4,5)6)57(36-26-28-40-39-20-14-15-23-44(39)55(7,8)46(40)32-36)37-27-29-42-47(33-37)56(9,10)45-24-16-21-38(50(42)45)34-18-12-11-13-19-34/h11-33H,1-10H3. The summed E-state index contributed by atoms with van der Waals surface area (Å²) < 4.78 is 7.22. The Morgan fingerprint density at radius 3 is 1.74 bits per heavy atom. The number of hydrogen-bond acceptors (Lipinski definition) is 2. The van der Waals surface area contributed by atoms with E-state index in [-0.39, 0.29) is 21.7 Å². The number of fused-ring (bicyclic) bond motifs is 9. The summed E-state index contributed by atoms with van der Waals surface area (Å²) >= 11 is 0. The van der Waals surface area contributed by atoms with Gasteiger partial charge in [0.1, 0.15) is 5.58 Å². The third-order valence-corrected chi connectivity index (χ3v) is 13.3. The molecule has 2 aliphatic rings. The summed E-state index contributed by atoms with van der Waals surface area (Å²) in [5.41, 5.74) is 20.5. The molecule has 0 fully saturated rings. The van der Waals surface area contributed by atoms with Gasteiger partial charge in [-0.15, -0.1) is 0 Å². The van der Waals surface area contributed by atoms with Gasteiger partial charge in [0.2, 0.25) is 0 Å². The van der Waals surface area contributed by atoms with Crippen molar-refractivity contribution in [2.24, 2.45) is 0 Å². The molecule has 0 spiro atoms. The van der Waals surface area contributed by atoms with Gasteiger partial charge < -0.3 is 9.32 Å². The Bertz CT molecular complexity index is 2960. The van der Waals surface area contributed by atoms with Crippen LogP contribution >= 0.6 is 0 Å². The Balaban J connectivity index is 1.24. The fourth-order valence-corrected chi connectivity index (χ4v) is 10.1. The highest BCUT2D eigenvalue weighted by Gasteiger charge is 2.39. The number of furan rings is 1.